The number of sulfone groups is 1. The molecule has 0 radical (unpaired) electrons. The van der Waals surface area contributed by atoms with Crippen LogP contribution < -0.4 is 21.1 Å². The Hall–Kier alpha value is -4.50. The summed E-state index contributed by atoms with van der Waals surface area (Å²) >= 11 is 1.43. The summed E-state index contributed by atoms with van der Waals surface area (Å²) < 4.78 is 90.1. The molecule has 0 bridgehead atoms. The molecule has 1 aliphatic heterocycles. The monoisotopic (exact) mass is 868 g/mol. The van der Waals surface area contributed by atoms with Crippen molar-refractivity contribution >= 4 is 67.0 Å². The average Bonchev–Trinajstić information content (AvgIpc) is 3.44. The van der Waals surface area contributed by atoms with Gasteiger partial charge in [-0.25, -0.2) is 22.0 Å². The summed E-state index contributed by atoms with van der Waals surface area (Å²) in [7, 11) is -7.17. The zero-order chi connectivity index (χ0) is 42.7. The van der Waals surface area contributed by atoms with E-state index in [1.807, 2.05) is 37.4 Å². The van der Waals surface area contributed by atoms with E-state index in [1.165, 1.54) is 24.9 Å². The topological polar surface area (TPSA) is 205 Å². The predicted molar refractivity (Wildman–Crippen MR) is 215 cm³/mol. The number of likely N-dealkylation sites (N-methyl/N-ethyl adjacent to an activating group) is 1. The molecule has 3 amide bonds. The number of thioether (sulfide) groups is 1. The number of nitrogens with one attached hydrogen (secondary N) is 3. The molecule has 0 spiro atoms. The number of alkyl halides is 3. The maximum absolute atomic E-state index is 13.7. The van der Waals surface area contributed by atoms with Gasteiger partial charge in [-0.15, -0.1) is 11.8 Å². The van der Waals surface area contributed by atoms with Crippen LogP contribution in [0.5, 0.6) is 0 Å². The van der Waals surface area contributed by atoms with Gasteiger partial charge >= 0.3 is 5.51 Å². The van der Waals surface area contributed by atoms with Crippen molar-refractivity contribution in [3.63, 3.8) is 0 Å². The number of imide groups is 1. The predicted octanol–water partition coefficient (Wildman–Crippen LogP) is 4.88. The number of primary sulfonamides is 1. The molecule has 0 fully saturated rings. The molecular formula is C38H47F3N6O8S3. The van der Waals surface area contributed by atoms with Crippen molar-refractivity contribution in [3.8, 4) is 0 Å². The highest BCUT2D eigenvalue weighted by molar-refractivity contribution is 7.99. The lowest BCUT2D eigenvalue weighted by atomic mass is 10.1. The number of halogens is 3. The smallest absolute Gasteiger partial charge is 0.384 e. The van der Waals surface area contributed by atoms with Crippen LogP contribution in [0.2, 0.25) is 0 Å². The molecule has 316 valence electrons. The lowest BCUT2D eigenvalue weighted by molar-refractivity contribution is -0.124. The lowest BCUT2D eigenvalue weighted by Gasteiger charge is -2.25. The van der Waals surface area contributed by atoms with Gasteiger partial charge < -0.3 is 25.6 Å². The molecule has 2 unspecified atom stereocenters. The molecule has 0 saturated heterocycles. The van der Waals surface area contributed by atoms with E-state index in [4.69, 9.17) is 5.14 Å². The van der Waals surface area contributed by atoms with Crippen LogP contribution in [-0.4, -0.2) is 108 Å². The minimum Gasteiger partial charge on any atom is -0.384 e. The number of aldehydes is 1. The van der Waals surface area contributed by atoms with Crippen molar-refractivity contribution in [2.45, 2.75) is 77.2 Å². The highest BCUT2D eigenvalue weighted by Gasteiger charge is 2.48. The molecule has 1 heterocycles. The second-order valence-electron chi connectivity index (χ2n) is 13.6. The third-order valence-electron chi connectivity index (χ3n) is 9.44. The Balaban J connectivity index is 1.32. The largest absolute Gasteiger partial charge is 0.501 e. The number of amides is 3. The molecule has 3 aromatic carbocycles. The second kappa shape index (κ2) is 20.5. The maximum Gasteiger partial charge on any atom is 0.501 e. The van der Waals surface area contributed by atoms with E-state index < -0.39 is 70.7 Å². The number of nitrogens with zero attached hydrogens (tertiary/aromatic N) is 2. The van der Waals surface area contributed by atoms with Crippen LogP contribution in [0.1, 0.15) is 65.7 Å². The molecule has 14 nitrogen and oxygen atoms in total. The minimum atomic E-state index is -5.95. The first-order valence-corrected chi connectivity index (χ1v) is 22.4. The Bertz CT molecular complexity index is 2160. The van der Waals surface area contributed by atoms with Gasteiger partial charge in [-0.05, 0) is 88.3 Å². The number of unbranched alkanes of at least 4 members (excludes halogenated alkanes) is 3. The fourth-order valence-electron chi connectivity index (χ4n) is 6.35. The first-order chi connectivity index (χ1) is 27.4. The fourth-order valence-corrected chi connectivity index (χ4v) is 8.91. The standard InChI is InChI=1S/C38H47F3N6O8S3/c1-43-35(49)32(16-11-23-48)47-36(50)29-14-10-15-31(34(29)37(47)51)44-20-8-3-4-9-21-46(2)22-19-26(25-56-27-12-6-5-7-13-27)45-30-18-17-28(58(42,54)55)24-33(30)57(52,53)38(39,40)41/h5-7,10,12-15,17-18,23-24,26,32,44-45H,3-4,8-9,11,16,19-22,25H2,1-2H3,(H,43,49)(H2,42,54,55). The summed E-state index contributed by atoms with van der Waals surface area (Å²) in [6.07, 6.45) is 4.31. The molecule has 2 atom stereocenters. The van der Waals surface area contributed by atoms with Gasteiger partial charge in [-0.3, -0.25) is 19.3 Å². The van der Waals surface area contributed by atoms with Gasteiger partial charge in [-0.1, -0.05) is 37.1 Å². The van der Waals surface area contributed by atoms with E-state index in [-0.39, 0.29) is 24.0 Å². The van der Waals surface area contributed by atoms with Crippen molar-refractivity contribution in [1.29, 1.82) is 0 Å². The van der Waals surface area contributed by atoms with Gasteiger partial charge in [0.2, 0.25) is 15.9 Å². The van der Waals surface area contributed by atoms with Crippen molar-refractivity contribution < 1.29 is 49.2 Å². The van der Waals surface area contributed by atoms with Gasteiger partial charge in [-0.2, -0.15) is 13.2 Å². The van der Waals surface area contributed by atoms with Crippen molar-refractivity contribution in [3.05, 3.63) is 77.9 Å². The van der Waals surface area contributed by atoms with Gasteiger partial charge in [0.1, 0.15) is 17.2 Å². The highest BCUT2D eigenvalue weighted by atomic mass is 32.2. The summed E-state index contributed by atoms with van der Waals surface area (Å²) in [5.41, 5.74) is -5.24. The van der Waals surface area contributed by atoms with Gasteiger partial charge in [0.05, 0.1) is 21.7 Å². The SMILES string of the molecule is CNC(=O)C(CCC=O)N1C(=O)c2cccc(NCCCCCCN(C)CCC(CSc3ccccc3)Nc3ccc(S(N)(=O)=O)cc3S(=O)(=O)C(F)(F)F)c2C1=O. The van der Waals surface area contributed by atoms with E-state index in [9.17, 15) is 49.2 Å². The molecule has 20 heteroatoms. The average molecular weight is 869 g/mol. The third kappa shape index (κ3) is 11.8. The molecule has 0 saturated carbocycles. The van der Waals surface area contributed by atoms with E-state index >= 15 is 0 Å². The molecule has 5 N–H and O–H groups in total. The maximum atomic E-state index is 13.7. The van der Waals surface area contributed by atoms with Crippen molar-refractivity contribution in [1.82, 2.24) is 15.1 Å². The number of rotatable bonds is 23. The Labute approximate surface area is 340 Å². The molecule has 1 aliphatic rings. The van der Waals surface area contributed by atoms with Crippen LogP contribution in [0.25, 0.3) is 0 Å². The Morgan fingerprint density at radius 3 is 2.28 bits per heavy atom. The number of anilines is 2. The van der Waals surface area contributed by atoms with E-state index in [1.54, 1.807) is 12.1 Å². The number of fused-ring (bicyclic) bond motifs is 1. The summed E-state index contributed by atoms with van der Waals surface area (Å²) in [5, 5.41) is 13.7. The third-order valence-corrected chi connectivity index (χ3v) is 13.0. The minimum absolute atomic E-state index is 0.00351. The van der Waals surface area contributed by atoms with E-state index in [0.717, 1.165) is 47.6 Å². The van der Waals surface area contributed by atoms with Gasteiger partial charge in [0.25, 0.3) is 21.7 Å². The number of carbonyl (C=O) groups is 4. The van der Waals surface area contributed by atoms with Gasteiger partial charge in [0, 0.05) is 42.4 Å². The summed E-state index contributed by atoms with van der Waals surface area (Å²) in [5.74, 6) is -1.39. The quantitative estimate of drug-likeness (QED) is 0.0436. The van der Waals surface area contributed by atoms with Crippen LogP contribution in [0.4, 0.5) is 24.5 Å². The van der Waals surface area contributed by atoms with E-state index in [0.29, 0.717) is 49.8 Å². The normalized spacial score (nSPS) is 14.3. The zero-order valence-electron chi connectivity index (χ0n) is 32.0. The van der Waals surface area contributed by atoms with Crippen LogP contribution in [0, 0.1) is 0 Å². The molecule has 0 aromatic heterocycles. The number of nitrogens with two attached hydrogens (primary N) is 1. The fraction of sp³-hybridized carbons (Fsp3) is 0.421. The Kier molecular flexibility index (Phi) is 16.3. The number of hydrogen-bond acceptors (Lipinski definition) is 12. The summed E-state index contributed by atoms with van der Waals surface area (Å²) in [4.78, 5) is 52.0. The van der Waals surface area contributed by atoms with Gasteiger partial charge in [0.15, 0.2) is 0 Å². The number of carbonyl (C=O) groups excluding carboxylic acids is 4. The molecule has 3 aromatic rings. The Morgan fingerprint density at radius 2 is 1.62 bits per heavy atom. The van der Waals surface area contributed by atoms with Crippen molar-refractivity contribution in [2.75, 3.05) is 50.1 Å². The van der Waals surface area contributed by atoms with Crippen LogP contribution >= 0.6 is 11.8 Å². The van der Waals surface area contributed by atoms with Crippen LogP contribution in [0.15, 0.2) is 81.4 Å². The highest BCUT2D eigenvalue weighted by Crippen LogP contribution is 2.37. The number of sulfonamides is 1. The number of benzene rings is 3. The first kappa shape index (κ1) is 46.2. The molecule has 58 heavy (non-hydrogen) atoms. The summed E-state index contributed by atoms with van der Waals surface area (Å²) in [6.45, 7) is 1.70. The molecule has 4 rings (SSSR count). The summed E-state index contributed by atoms with van der Waals surface area (Å²) in [6, 6.07) is 14.8. The lowest BCUT2D eigenvalue weighted by Crippen LogP contribution is -2.48. The van der Waals surface area contributed by atoms with Crippen molar-refractivity contribution in [2.24, 2.45) is 5.14 Å². The van der Waals surface area contributed by atoms with Crippen LogP contribution in [-0.2, 0) is 29.4 Å². The molecule has 0 aliphatic carbocycles. The number of hydrogen-bond donors (Lipinski definition) is 4. The molecular weight excluding hydrogens is 822 g/mol. The first-order valence-electron chi connectivity index (χ1n) is 18.4. The zero-order valence-corrected chi connectivity index (χ0v) is 34.4. The second-order valence-corrected chi connectivity index (χ2v) is 18.2. The Morgan fingerprint density at radius 1 is 0.914 bits per heavy atom. The van der Waals surface area contributed by atoms with E-state index in [2.05, 4.69) is 20.9 Å². The van der Waals surface area contributed by atoms with Crippen LogP contribution in [0.3, 0.4) is 0 Å².